The Morgan fingerprint density at radius 2 is 1.96 bits per heavy atom. The summed E-state index contributed by atoms with van der Waals surface area (Å²) in [6.45, 7) is 0. The van der Waals surface area contributed by atoms with Gasteiger partial charge in [0.05, 0.1) is 16.7 Å². The molecule has 1 aliphatic rings. The lowest BCUT2D eigenvalue weighted by atomic mass is 10.1. The van der Waals surface area contributed by atoms with Crippen LogP contribution in [0, 0.1) is 0 Å². The monoisotopic (exact) mass is 382 g/mol. The number of amides is 1. The number of hydrogen-bond donors (Lipinski definition) is 3. The maximum absolute atomic E-state index is 12.3. The minimum atomic E-state index is -3.75. The predicted molar refractivity (Wildman–Crippen MR) is 100.0 cm³/mol. The first-order valence-electron chi connectivity index (χ1n) is 7.87. The Morgan fingerprint density at radius 1 is 1.19 bits per heavy atom. The second-order valence-electron chi connectivity index (χ2n) is 5.82. The minimum Gasteiger partial charge on any atom is -0.464 e. The molecule has 0 saturated heterocycles. The van der Waals surface area contributed by atoms with Gasteiger partial charge < -0.3 is 15.1 Å². The average molecular weight is 382 g/mol. The van der Waals surface area contributed by atoms with Crippen molar-refractivity contribution in [3.05, 3.63) is 66.7 Å². The van der Waals surface area contributed by atoms with Crippen LogP contribution >= 0.6 is 0 Å². The van der Waals surface area contributed by atoms with Crippen LogP contribution in [0.1, 0.15) is 5.56 Å². The van der Waals surface area contributed by atoms with E-state index < -0.39 is 10.0 Å². The second kappa shape index (κ2) is 6.38. The van der Waals surface area contributed by atoms with Crippen LogP contribution in [0.15, 0.2) is 70.4 Å². The molecule has 2 aromatic heterocycles. The molecule has 0 aliphatic carbocycles. The largest absolute Gasteiger partial charge is 0.464 e. The number of carbonyl (C=O) groups is 1. The van der Waals surface area contributed by atoms with Crippen LogP contribution in [0.4, 0.5) is 11.5 Å². The third kappa shape index (κ3) is 3.33. The number of nitrogens with one attached hydrogen (secondary N) is 2. The van der Waals surface area contributed by atoms with E-state index in [1.54, 1.807) is 36.9 Å². The lowest BCUT2D eigenvalue weighted by Gasteiger charge is -2.04. The van der Waals surface area contributed by atoms with Crippen molar-refractivity contribution in [1.82, 2.24) is 4.98 Å². The molecule has 0 fully saturated rings. The highest BCUT2D eigenvalue weighted by atomic mass is 32.2. The van der Waals surface area contributed by atoms with Crippen LogP contribution < -0.4 is 15.8 Å². The Morgan fingerprint density at radius 3 is 2.63 bits per heavy atom. The van der Waals surface area contributed by atoms with Gasteiger partial charge in [0.25, 0.3) is 5.91 Å². The third-order valence-corrected chi connectivity index (χ3v) is 4.96. The Hall–Kier alpha value is -3.43. The summed E-state index contributed by atoms with van der Waals surface area (Å²) >= 11 is 0. The highest BCUT2D eigenvalue weighted by Gasteiger charge is 2.26. The van der Waals surface area contributed by atoms with Crippen molar-refractivity contribution in [1.29, 1.82) is 0 Å². The van der Waals surface area contributed by atoms with Gasteiger partial charge in [-0.25, -0.2) is 18.5 Å². The van der Waals surface area contributed by atoms with E-state index in [-0.39, 0.29) is 10.8 Å². The van der Waals surface area contributed by atoms with Gasteiger partial charge in [-0.15, -0.1) is 0 Å². The number of nitrogens with two attached hydrogens (primary N) is 1. The first-order valence-corrected chi connectivity index (χ1v) is 9.42. The molecule has 1 amide bonds. The van der Waals surface area contributed by atoms with Gasteiger partial charge in [0.1, 0.15) is 11.6 Å². The molecular formula is C18H14N4O4S. The molecule has 1 aliphatic heterocycles. The summed E-state index contributed by atoms with van der Waals surface area (Å²) in [6.07, 6.45) is 4.73. The van der Waals surface area contributed by atoms with Crippen LogP contribution in [0.25, 0.3) is 16.9 Å². The van der Waals surface area contributed by atoms with E-state index in [9.17, 15) is 13.2 Å². The number of nitrogens with zero attached hydrogens (tertiary/aromatic N) is 1. The van der Waals surface area contributed by atoms with E-state index in [1.165, 1.54) is 12.1 Å². The fourth-order valence-electron chi connectivity index (χ4n) is 2.68. The number of fused-ring (bicyclic) bond motifs is 1. The summed E-state index contributed by atoms with van der Waals surface area (Å²) in [5, 5.41) is 10.8. The van der Waals surface area contributed by atoms with Crippen molar-refractivity contribution in [2.24, 2.45) is 5.14 Å². The molecule has 4 N–H and O–H groups in total. The molecule has 3 heterocycles. The van der Waals surface area contributed by atoms with E-state index in [0.717, 1.165) is 5.56 Å². The van der Waals surface area contributed by atoms with Crippen molar-refractivity contribution in [3.8, 4) is 11.3 Å². The van der Waals surface area contributed by atoms with Crippen molar-refractivity contribution in [2.75, 3.05) is 10.6 Å². The standard InChI is InChI=1S/C18H14N4O4S/c19-27(24,25)13-5-3-12(4-6-13)20-10-15-14-8-11(16-2-1-7-26-16)9-21-17(14)22-18(15)23/h1-10,20H,(H2,19,24,25)(H,21,22,23). The highest BCUT2D eigenvalue weighted by molar-refractivity contribution is 7.89. The molecule has 9 heteroatoms. The number of primary sulfonamides is 1. The number of aromatic nitrogens is 1. The number of furan rings is 1. The lowest BCUT2D eigenvalue weighted by molar-refractivity contribution is -0.110. The second-order valence-corrected chi connectivity index (χ2v) is 7.38. The van der Waals surface area contributed by atoms with Gasteiger partial charge >= 0.3 is 0 Å². The molecule has 0 radical (unpaired) electrons. The predicted octanol–water partition coefficient (Wildman–Crippen LogP) is 2.39. The van der Waals surface area contributed by atoms with Crippen molar-refractivity contribution >= 4 is 33.0 Å². The van der Waals surface area contributed by atoms with Gasteiger partial charge in [0, 0.05) is 29.2 Å². The van der Waals surface area contributed by atoms with Crippen LogP contribution in [0.3, 0.4) is 0 Å². The number of hydrogen-bond acceptors (Lipinski definition) is 6. The average Bonchev–Trinajstić information content (AvgIpc) is 3.26. The fourth-order valence-corrected chi connectivity index (χ4v) is 3.20. The summed E-state index contributed by atoms with van der Waals surface area (Å²) in [7, 11) is -3.75. The number of sulfonamides is 1. The number of carbonyl (C=O) groups excluding carboxylic acids is 1. The number of anilines is 2. The molecule has 8 nitrogen and oxygen atoms in total. The zero-order valence-corrected chi connectivity index (χ0v) is 14.7. The van der Waals surface area contributed by atoms with Crippen LogP contribution in [0.2, 0.25) is 0 Å². The highest BCUT2D eigenvalue weighted by Crippen LogP contribution is 2.33. The summed E-state index contributed by atoms with van der Waals surface area (Å²) < 4.78 is 28.0. The molecular weight excluding hydrogens is 368 g/mol. The Labute approximate surface area is 154 Å². The normalized spacial score (nSPS) is 14.9. The minimum absolute atomic E-state index is 0.0111. The maximum atomic E-state index is 12.3. The van der Waals surface area contributed by atoms with E-state index in [4.69, 9.17) is 9.56 Å². The van der Waals surface area contributed by atoms with Gasteiger partial charge in [0.15, 0.2) is 0 Å². The molecule has 3 aromatic rings. The molecule has 0 saturated carbocycles. The first-order chi connectivity index (χ1) is 12.9. The van der Waals surface area contributed by atoms with E-state index >= 15 is 0 Å². The fraction of sp³-hybridized carbons (Fsp3) is 0. The number of pyridine rings is 1. The van der Waals surface area contributed by atoms with Gasteiger partial charge in [-0.05, 0) is 42.5 Å². The smallest absolute Gasteiger partial charge is 0.259 e. The summed E-state index contributed by atoms with van der Waals surface area (Å²) in [6, 6.07) is 11.3. The van der Waals surface area contributed by atoms with Gasteiger partial charge in [-0.2, -0.15) is 0 Å². The molecule has 27 heavy (non-hydrogen) atoms. The van der Waals surface area contributed by atoms with Crippen molar-refractivity contribution in [3.63, 3.8) is 0 Å². The van der Waals surface area contributed by atoms with Crippen LogP contribution in [0.5, 0.6) is 0 Å². The zero-order chi connectivity index (χ0) is 19.0. The molecule has 4 rings (SSSR count). The lowest BCUT2D eigenvalue weighted by Crippen LogP contribution is -2.11. The Kier molecular flexibility index (Phi) is 4.02. The molecule has 0 bridgehead atoms. The van der Waals surface area contributed by atoms with Crippen LogP contribution in [-0.2, 0) is 14.8 Å². The SMILES string of the molecule is NS(=O)(=O)c1ccc(NC=C2C(=O)Nc3ncc(-c4ccco4)cc32)cc1. The first kappa shape index (κ1) is 17.0. The van der Waals surface area contributed by atoms with E-state index in [0.29, 0.717) is 28.4 Å². The van der Waals surface area contributed by atoms with E-state index in [2.05, 4.69) is 15.6 Å². The summed E-state index contributed by atoms with van der Waals surface area (Å²) in [4.78, 5) is 16.5. The van der Waals surface area contributed by atoms with Gasteiger partial charge in [-0.1, -0.05) is 0 Å². The van der Waals surface area contributed by atoms with E-state index in [1.807, 2.05) is 12.1 Å². The van der Waals surface area contributed by atoms with Gasteiger partial charge in [-0.3, -0.25) is 4.79 Å². The van der Waals surface area contributed by atoms with Crippen molar-refractivity contribution < 1.29 is 17.6 Å². The molecule has 0 unspecified atom stereocenters. The number of rotatable bonds is 4. The summed E-state index contributed by atoms with van der Waals surface area (Å²) in [5.74, 6) is 0.825. The topological polar surface area (TPSA) is 127 Å². The molecule has 1 aromatic carbocycles. The van der Waals surface area contributed by atoms with Gasteiger partial charge in [0.2, 0.25) is 10.0 Å². The van der Waals surface area contributed by atoms with Crippen molar-refractivity contribution in [2.45, 2.75) is 4.90 Å². The zero-order valence-electron chi connectivity index (χ0n) is 13.8. The number of benzene rings is 1. The maximum Gasteiger partial charge on any atom is 0.259 e. The quantitative estimate of drug-likeness (QED) is 0.595. The molecule has 136 valence electrons. The Balaban J connectivity index is 1.63. The molecule has 0 atom stereocenters. The Bertz CT molecular complexity index is 1150. The third-order valence-electron chi connectivity index (χ3n) is 4.03. The van der Waals surface area contributed by atoms with Crippen LogP contribution in [-0.4, -0.2) is 19.3 Å². The summed E-state index contributed by atoms with van der Waals surface area (Å²) in [5.41, 5.74) is 2.40. The molecule has 0 spiro atoms.